The molecule has 3 heteroatoms. The van der Waals surface area contributed by atoms with E-state index in [-0.39, 0.29) is 11.8 Å². The molecule has 0 aliphatic carbocycles. The van der Waals surface area contributed by atoms with Crippen molar-refractivity contribution in [1.82, 2.24) is 0 Å². The van der Waals surface area contributed by atoms with Crippen molar-refractivity contribution in [3.63, 3.8) is 0 Å². The predicted octanol–water partition coefficient (Wildman–Crippen LogP) is 2.69. The summed E-state index contributed by atoms with van der Waals surface area (Å²) in [5.74, 6) is 0.211. The Balaban J connectivity index is 2.51. The molecule has 0 aliphatic heterocycles. The van der Waals surface area contributed by atoms with Gasteiger partial charge in [0.25, 0.3) is 0 Å². The van der Waals surface area contributed by atoms with E-state index in [9.17, 15) is 4.79 Å². The van der Waals surface area contributed by atoms with Gasteiger partial charge in [0.05, 0.1) is 0 Å². The highest BCUT2D eigenvalue weighted by molar-refractivity contribution is 9.10. The molecule has 2 nitrogen and oxygen atoms in total. The van der Waals surface area contributed by atoms with E-state index in [1.54, 1.807) is 0 Å². The molecule has 15 heavy (non-hydrogen) atoms. The van der Waals surface area contributed by atoms with Crippen LogP contribution in [-0.2, 0) is 11.2 Å². The molecule has 0 fully saturated rings. The average Bonchev–Trinajstić information content (AvgIpc) is 2.17. The van der Waals surface area contributed by atoms with Gasteiger partial charge in [0.15, 0.2) is 0 Å². The summed E-state index contributed by atoms with van der Waals surface area (Å²) in [5.41, 5.74) is 6.77. The maximum absolute atomic E-state index is 11.6. The minimum absolute atomic E-state index is 0.00431. The van der Waals surface area contributed by atoms with Crippen molar-refractivity contribution < 1.29 is 4.79 Å². The van der Waals surface area contributed by atoms with Crippen molar-refractivity contribution >= 4 is 21.7 Å². The minimum Gasteiger partial charge on any atom is -0.327 e. The Hall–Kier alpha value is -0.670. The first-order chi connectivity index (χ1) is 7.11. The van der Waals surface area contributed by atoms with E-state index in [0.29, 0.717) is 12.8 Å². The second-order valence-corrected chi connectivity index (χ2v) is 4.63. The molecule has 1 rings (SSSR count). The van der Waals surface area contributed by atoms with Gasteiger partial charge in [0.2, 0.25) is 0 Å². The molecule has 0 heterocycles. The van der Waals surface area contributed by atoms with Gasteiger partial charge in [-0.2, -0.15) is 0 Å². The van der Waals surface area contributed by atoms with Gasteiger partial charge < -0.3 is 5.73 Å². The zero-order chi connectivity index (χ0) is 11.3. The number of ketones is 1. The Kier molecular flexibility index (Phi) is 4.99. The largest absolute Gasteiger partial charge is 0.327 e. The molecule has 0 radical (unpaired) electrons. The summed E-state index contributed by atoms with van der Waals surface area (Å²) < 4.78 is 1.01. The van der Waals surface area contributed by atoms with Crippen LogP contribution in [0.25, 0.3) is 0 Å². The van der Waals surface area contributed by atoms with Gasteiger partial charge in [0.1, 0.15) is 5.78 Å². The average molecular weight is 270 g/mol. The van der Waals surface area contributed by atoms with Crippen LogP contribution >= 0.6 is 15.9 Å². The van der Waals surface area contributed by atoms with Crippen LogP contribution in [0.1, 0.15) is 25.3 Å². The molecule has 2 N–H and O–H groups in total. The molecule has 0 saturated heterocycles. The second kappa shape index (κ2) is 6.03. The highest BCUT2D eigenvalue weighted by atomic mass is 79.9. The normalized spacial score (nSPS) is 12.5. The maximum atomic E-state index is 11.6. The Bertz CT molecular complexity index is 338. The van der Waals surface area contributed by atoms with E-state index in [0.717, 1.165) is 16.5 Å². The zero-order valence-corrected chi connectivity index (χ0v) is 10.5. The smallest absolute Gasteiger partial charge is 0.138 e. The lowest BCUT2D eigenvalue weighted by molar-refractivity contribution is -0.118. The third-order valence-corrected chi connectivity index (χ3v) is 2.80. The Morgan fingerprint density at radius 1 is 1.53 bits per heavy atom. The summed E-state index contributed by atoms with van der Waals surface area (Å²) in [6.45, 7) is 2.00. The Morgan fingerprint density at radius 3 is 2.87 bits per heavy atom. The minimum atomic E-state index is 0.00431. The monoisotopic (exact) mass is 269 g/mol. The lowest BCUT2D eigenvalue weighted by Crippen LogP contribution is -2.23. The Labute approximate surface area is 99.0 Å². The standard InChI is InChI=1S/C12H16BrNO/c1-2-11(14)8-12(15)7-9-4-3-5-10(13)6-9/h3-6,11H,2,7-8,14H2,1H3. The summed E-state index contributed by atoms with van der Waals surface area (Å²) in [7, 11) is 0. The van der Waals surface area contributed by atoms with Crippen LogP contribution in [0.4, 0.5) is 0 Å². The molecule has 82 valence electrons. The van der Waals surface area contributed by atoms with Crippen molar-refractivity contribution in [2.24, 2.45) is 5.73 Å². The van der Waals surface area contributed by atoms with Crippen LogP contribution in [-0.4, -0.2) is 11.8 Å². The number of hydrogen-bond donors (Lipinski definition) is 1. The van der Waals surface area contributed by atoms with Crippen molar-refractivity contribution in [1.29, 1.82) is 0 Å². The maximum Gasteiger partial charge on any atom is 0.138 e. The number of benzene rings is 1. The number of carbonyl (C=O) groups excluding carboxylic acids is 1. The SMILES string of the molecule is CCC(N)CC(=O)Cc1cccc(Br)c1. The summed E-state index contributed by atoms with van der Waals surface area (Å²) in [6, 6.07) is 7.82. The van der Waals surface area contributed by atoms with E-state index in [1.165, 1.54) is 0 Å². The van der Waals surface area contributed by atoms with Crippen molar-refractivity contribution in [3.8, 4) is 0 Å². The first-order valence-corrected chi connectivity index (χ1v) is 5.93. The van der Waals surface area contributed by atoms with Gasteiger partial charge in [-0.3, -0.25) is 4.79 Å². The topological polar surface area (TPSA) is 43.1 Å². The highest BCUT2D eigenvalue weighted by Gasteiger charge is 2.08. The summed E-state index contributed by atoms with van der Waals surface area (Å²) in [4.78, 5) is 11.6. The van der Waals surface area contributed by atoms with Crippen molar-refractivity contribution in [2.75, 3.05) is 0 Å². The third kappa shape index (κ3) is 4.58. The van der Waals surface area contributed by atoms with Crippen LogP contribution in [0.2, 0.25) is 0 Å². The summed E-state index contributed by atoms with van der Waals surface area (Å²) >= 11 is 3.38. The number of halogens is 1. The lowest BCUT2D eigenvalue weighted by atomic mass is 10.0. The molecule has 1 aromatic carbocycles. The van der Waals surface area contributed by atoms with Crippen LogP contribution in [0, 0.1) is 0 Å². The van der Waals surface area contributed by atoms with Crippen LogP contribution < -0.4 is 5.73 Å². The number of hydrogen-bond acceptors (Lipinski definition) is 2. The number of nitrogens with two attached hydrogens (primary N) is 1. The molecule has 0 bridgehead atoms. The van der Waals surface area contributed by atoms with Crippen LogP contribution in [0.3, 0.4) is 0 Å². The van der Waals surface area contributed by atoms with E-state index >= 15 is 0 Å². The van der Waals surface area contributed by atoms with E-state index in [4.69, 9.17) is 5.73 Å². The molecule has 0 aromatic heterocycles. The summed E-state index contributed by atoms with van der Waals surface area (Å²) in [6.07, 6.45) is 1.81. The molecular formula is C12H16BrNO. The molecule has 0 aliphatic rings. The zero-order valence-electron chi connectivity index (χ0n) is 8.87. The fourth-order valence-corrected chi connectivity index (χ4v) is 1.83. The van der Waals surface area contributed by atoms with Gasteiger partial charge in [-0.15, -0.1) is 0 Å². The fraction of sp³-hybridized carbons (Fsp3) is 0.417. The number of rotatable bonds is 5. The number of carbonyl (C=O) groups is 1. The second-order valence-electron chi connectivity index (χ2n) is 3.72. The fourth-order valence-electron chi connectivity index (χ4n) is 1.38. The van der Waals surface area contributed by atoms with Crippen LogP contribution in [0.5, 0.6) is 0 Å². The van der Waals surface area contributed by atoms with E-state index < -0.39 is 0 Å². The molecule has 1 unspecified atom stereocenters. The van der Waals surface area contributed by atoms with Gasteiger partial charge in [-0.1, -0.05) is 35.0 Å². The van der Waals surface area contributed by atoms with Gasteiger partial charge >= 0.3 is 0 Å². The molecule has 0 amide bonds. The molecular weight excluding hydrogens is 254 g/mol. The Morgan fingerprint density at radius 2 is 2.27 bits per heavy atom. The number of Topliss-reactive ketones (excluding diaryl/α,β-unsaturated/α-hetero) is 1. The molecule has 1 aromatic rings. The highest BCUT2D eigenvalue weighted by Crippen LogP contribution is 2.13. The lowest BCUT2D eigenvalue weighted by Gasteiger charge is -2.07. The molecule has 0 spiro atoms. The van der Waals surface area contributed by atoms with Gasteiger partial charge in [-0.05, 0) is 24.1 Å². The van der Waals surface area contributed by atoms with E-state index in [1.807, 2.05) is 31.2 Å². The van der Waals surface area contributed by atoms with Crippen molar-refractivity contribution in [3.05, 3.63) is 34.3 Å². The molecule has 0 saturated carbocycles. The third-order valence-electron chi connectivity index (χ3n) is 2.30. The quantitative estimate of drug-likeness (QED) is 0.893. The van der Waals surface area contributed by atoms with Gasteiger partial charge in [-0.25, -0.2) is 0 Å². The van der Waals surface area contributed by atoms with E-state index in [2.05, 4.69) is 15.9 Å². The molecule has 1 atom stereocenters. The van der Waals surface area contributed by atoms with Crippen molar-refractivity contribution in [2.45, 2.75) is 32.2 Å². The van der Waals surface area contributed by atoms with Crippen LogP contribution in [0.15, 0.2) is 28.7 Å². The van der Waals surface area contributed by atoms with Gasteiger partial charge in [0, 0.05) is 23.4 Å². The summed E-state index contributed by atoms with van der Waals surface area (Å²) in [5, 5.41) is 0. The predicted molar refractivity (Wildman–Crippen MR) is 65.7 cm³/mol. The first kappa shape index (κ1) is 12.4. The first-order valence-electron chi connectivity index (χ1n) is 5.13.